The highest BCUT2D eigenvalue weighted by molar-refractivity contribution is 5.92. The number of esters is 2. The number of fused-ring (bicyclic) bond motifs is 1. The molecular formula is C19H26O6. The quantitative estimate of drug-likeness (QED) is 0.412. The third kappa shape index (κ3) is 3.85. The number of rotatable bonds is 7. The predicted octanol–water partition coefficient (Wildman–Crippen LogP) is 1.67. The Kier molecular flexibility index (Phi) is 6.19. The second-order valence-corrected chi connectivity index (χ2v) is 6.79. The molecule has 25 heavy (non-hydrogen) atoms. The van der Waals surface area contributed by atoms with Crippen molar-refractivity contribution >= 4 is 11.9 Å². The fourth-order valence-electron chi connectivity index (χ4n) is 3.64. The number of hydrogen-bond acceptors (Lipinski definition) is 6. The van der Waals surface area contributed by atoms with Gasteiger partial charge in [0.1, 0.15) is 12.2 Å². The Morgan fingerprint density at radius 1 is 1.44 bits per heavy atom. The maximum atomic E-state index is 12.2. The number of hydrogen-bond donors (Lipinski definition) is 2. The van der Waals surface area contributed by atoms with Crippen LogP contribution in [-0.2, 0) is 19.1 Å². The first-order chi connectivity index (χ1) is 11.8. The van der Waals surface area contributed by atoms with Gasteiger partial charge in [0.05, 0.1) is 12.5 Å². The monoisotopic (exact) mass is 350 g/mol. The van der Waals surface area contributed by atoms with E-state index in [0.717, 1.165) is 5.57 Å². The standard InChI is InChI=1S/C19H26O6/c1-10(2)18(22)25-17-15(11(3)6-5-7-20)13(9-21)8-14-16(17)12(4)19(23)24-14/h11,14,16-17,20-21H,1,4-9H2,2-3H3/t11-,14+,16+,17+/m0/s1. The van der Waals surface area contributed by atoms with Gasteiger partial charge in [-0.2, -0.15) is 0 Å². The minimum Gasteiger partial charge on any atom is -0.458 e. The molecule has 138 valence electrons. The molecule has 0 aromatic carbocycles. The number of carbonyl (C=O) groups excluding carboxylic acids is 2. The van der Waals surface area contributed by atoms with E-state index in [2.05, 4.69) is 13.2 Å². The molecule has 6 nitrogen and oxygen atoms in total. The van der Waals surface area contributed by atoms with Crippen LogP contribution in [0.2, 0.25) is 0 Å². The average Bonchev–Trinajstić information content (AvgIpc) is 2.86. The van der Waals surface area contributed by atoms with Crippen LogP contribution in [0.1, 0.15) is 33.1 Å². The van der Waals surface area contributed by atoms with Crippen LogP contribution >= 0.6 is 0 Å². The van der Waals surface area contributed by atoms with Gasteiger partial charge in [-0.1, -0.05) is 20.1 Å². The molecule has 1 heterocycles. The van der Waals surface area contributed by atoms with Crippen LogP contribution in [0.5, 0.6) is 0 Å². The van der Waals surface area contributed by atoms with Crippen LogP contribution in [-0.4, -0.2) is 47.6 Å². The lowest BCUT2D eigenvalue weighted by atomic mass is 9.73. The first-order valence-electron chi connectivity index (χ1n) is 8.51. The molecule has 0 aromatic rings. The third-order valence-electron chi connectivity index (χ3n) is 4.91. The van der Waals surface area contributed by atoms with Gasteiger partial charge in [-0.25, -0.2) is 9.59 Å². The fraction of sp³-hybridized carbons (Fsp3) is 0.579. The highest BCUT2D eigenvalue weighted by atomic mass is 16.6. The van der Waals surface area contributed by atoms with Crippen molar-refractivity contribution in [3.8, 4) is 0 Å². The molecule has 0 bridgehead atoms. The number of aliphatic hydroxyl groups is 2. The molecule has 1 aliphatic carbocycles. The lowest BCUT2D eigenvalue weighted by Gasteiger charge is -2.38. The Morgan fingerprint density at radius 2 is 2.12 bits per heavy atom. The maximum Gasteiger partial charge on any atom is 0.334 e. The highest BCUT2D eigenvalue weighted by Gasteiger charge is 2.50. The van der Waals surface area contributed by atoms with Gasteiger partial charge in [-0.3, -0.25) is 0 Å². The van der Waals surface area contributed by atoms with Crippen molar-refractivity contribution in [2.24, 2.45) is 11.8 Å². The zero-order valence-electron chi connectivity index (χ0n) is 14.8. The van der Waals surface area contributed by atoms with Crippen molar-refractivity contribution in [1.82, 2.24) is 0 Å². The minimum absolute atomic E-state index is 0.0262. The van der Waals surface area contributed by atoms with E-state index in [-0.39, 0.29) is 30.3 Å². The van der Waals surface area contributed by atoms with Crippen molar-refractivity contribution in [3.63, 3.8) is 0 Å². The second kappa shape index (κ2) is 7.97. The topological polar surface area (TPSA) is 93.1 Å². The van der Waals surface area contributed by atoms with E-state index >= 15 is 0 Å². The Bertz CT molecular complexity index is 617. The van der Waals surface area contributed by atoms with Gasteiger partial charge in [-0.05, 0) is 36.8 Å². The van der Waals surface area contributed by atoms with Gasteiger partial charge < -0.3 is 19.7 Å². The van der Waals surface area contributed by atoms with Gasteiger partial charge >= 0.3 is 11.9 Å². The van der Waals surface area contributed by atoms with E-state index in [1.165, 1.54) is 0 Å². The molecule has 1 saturated heterocycles. The zero-order valence-corrected chi connectivity index (χ0v) is 14.8. The summed E-state index contributed by atoms with van der Waals surface area (Å²) in [6.07, 6.45) is 0.451. The summed E-state index contributed by atoms with van der Waals surface area (Å²) in [5.74, 6) is -1.53. The summed E-state index contributed by atoms with van der Waals surface area (Å²) >= 11 is 0. The first kappa shape index (κ1) is 19.4. The predicted molar refractivity (Wildman–Crippen MR) is 91.4 cm³/mol. The smallest absolute Gasteiger partial charge is 0.334 e. The Labute approximate surface area is 147 Å². The van der Waals surface area contributed by atoms with Gasteiger partial charge in [0.15, 0.2) is 0 Å². The van der Waals surface area contributed by atoms with Gasteiger partial charge in [0, 0.05) is 24.2 Å². The summed E-state index contributed by atoms with van der Waals surface area (Å²) in [5.41, 5.74) is 2.05. The van der Waals surface area contributed by atoms with E-state index < -0.39 is 30.1 Å². The highest BCUT2D eigenvalue weighted by Crippen LogP contribution is 2.45. The molecule has 0 radical (unpaired) electrons. The fourth-order valence-corrected chi connectivity index (χ4v) is 3.64. The van der Waals surface area contributed by atoms with E-state index in [1.54, 1.807) is 6.92 Å². The number of aliphatic hydroxyl groups excluding tert-OH is 2. The van der Waals surface area contributed by atoms with Crippen LogP contribution in [0, 0.1) is 11.8 Å². The summed E-state index contributed by atoms with van der Waals surface area (Å²) in [5, 5.41) is 18.9. The van der Waals surface area contributed by atoms with E-state index in [0.29, 0.717) is 24.8 Å². The summed E-state index contributed by atoms with van der Waals surface area (Å²) < 4.78 is 11.0. The number of ether oxygens (including phenoxy) is 2. The summed E-state index contributed by atoms with van der Waals surface area (Å²) in [6.45, 7) is 10.8. The van der Waals surface area contributed by atoms with Crippen LogP contribution < -0.4 is 0 Å². The minimum atomic E-state index is -0.724. The molecule has 0 amide bonds. The summed E-state index contributed by atoms with van der Waals surface area (Å²) in [4.78, 5) is 24.1. The maximum absolute atomic E-state index is 12.2. The molecule has 1 aliphatic heterocycles. The Hall–Kier alpha value is -1.92. The summed E-state index contributed by atoms with van der Waals surface area (Å²) in [7, 11) is 0. The van der Waals surface area contributed by atoms with Crippen molar-refractivity contribution in [1.29, 1.82) is 0 Å². The molecule has 0 spiro atoms. The molecule has 0 saturated carbocycles. The largest absolute Gasteiger partial charge is 0.458 e. The molecule has 2 N–H and O–H groups in total. The molecule has 0 aromatic heterocycles. The van der Waals surface area contributed by atoms with Gasteiger partial charge in [-0.15, -0.1) is 0 Å². The average molecular weight is 350 g/mol. The molecule has 4 atom stereocenters. The van der Waals surface area contributed by atoms with Crippen LogP contribution in [0.4, 0.5) is 0 Å². The van der Waals surface area contributed by atoms with Crippen molar-refractivity contribution in [2.45, 2.75) is 45.3 Å². The molecule has 1 fully saturated rings. The van der Waals surface area contributed by atoms with E-state index in [1.807, 2.05) is 6.92 Å². The van der Waals surface area contributed by atoms with Gasteiger partial charge in [0.25, 0.3) is 0 Å². The van der Waals surface area contributed by atoms with Crippen LogP contribution in [0.25, 0.3) is 0 Å². The number of carbonyl (C=O) groups is 2. The normalized spacial score (nSPS) is 27.0. The molecule has 2 rings (SSSR count). The van der Waals surface area contributed by atoms with Crippen LogP contribution in [0.15, 0.2) is 35.5 Å². The Morgan fingerprint density at radius 3 is 2.68 bits per heavy atom. The van der Waals surface area contributed by atoms with Gasteiger partial charge in [0.2, 0.25) is 0 Å². The summed E-state index contributed by atoms with van der Waals surface area (Å²) in [6, 6.07) is 0. The van der Waals surface area contributed by atoms with E-state index in [9.17, 15) is 14.7 Å². The molecule has 2 aliphatic rings. The Balaban J connectivity index is 2.44. The van der Waals surface area contributed by atoms with Crippen molar-refractivity contribution in [3.05, 3.63) is 35.5 Å². The first-order valence-corrected chi connectivity index (χ1v) is 8.51. The van der Waals surface area contributed by atoms with Crippen molar-refractivity contribution in [2.75, 3.05) is 13.2 Å². The van der Waals surface area contributed by atoms with Crippen molar-refractivity contribution < 1.29 is 29.3 Å². The van der Waals surface area contributed by atoms with Crippen LogP contribution in [0.3, 0.4) is 0 Å². The molecular weight excluding hydrogens is 324 g/mol. The lowest BCUT2D eigenvalue weighted by Crippen LogP contribution is -2.41. The van der Waals surface area contributed by atoms with E-state index in [4.69, 9.17) is 14.6 Å². The molecule has 0 unspecified atom stereocenters. The molecule has 6 heteroatoms. The zero-order chi connectivity index (χ0) is 18.7. The third-order valence-corrected chi connectivity index (χ3v) is 4.91. The lowest BCUT2D eigenvalue weighted by molar-refractivity contribution is -0.147. The SMILES string of the molecule is C=C(C)C(=O)O[C@@H]1C([C@@H](C)CCCO)=C(CO)C[C@H]2OC(=O)C(=C)[C@@H]12. The second-order valence-electron chi connectivity index (χ2n) is 6.79.